The van der Waals surface area contributed by atoms with E-state index < -0.39 is 24.3 Å². The summed E-state index contributed by atoms with van der Waals surface area (Å²) in [4.78, 5) is 11.9. The van der Waals surface area contributed by atoms with Gasteiger partial charge in [-0.15, -0.1) is 11.6 Å². The summed E-state index contributed by atoms with van der Waals surface area (Å²) < 4.78 is 4.97. The minimum Gasteiger partial charge on any atom is -0.460 e. The fraction of sp³-hybridized carbons (Fsp3) is 0.870. The molecule has 0 spiro atoms. The third-order valence-electron chi connectivity index (χ3n) is 8.21. The van der Waals surface area contributed by atoms with Crippen molar-refractivity contribution in [2.75, 3.05) is 19.1 Å². The van der Waals surface area contributed by atoms with Gasteiger partial charge < -0.3 is 20.1 Å². The molecule has 0 saturated heterocycles. The molecule has 0 bridgehead atoms. The van der Waals surface area contributed by atoms with Crippen molar-refractivity contribution in [3.8, 4) is 0 Å². The van der Waals surface area contributed by atoms with E-state index in [0.717, 1.165) is 50.5 Å². The van der Waals surface area contributed by atoms with E-state index in [9.17, 15) is 15.0 Å². The SMILES string of the molecule is C/C(=C\C(=O)OC[C@H](O)CO)CC[C@]1(C)[C@@H](C)CC[C@@]2(C)[C@H]1CCC[C@]2(O)CCl. The predicted octanol–water partition coefficient (Wildman–Crippen LogP) is 3.82. The molecule has 2 saturated carbocycles. The monoisotopic (exact) mass is 430 g/mol. The normalized spacial score (nSPS) is 39.0. The molecule has 168 valence electrons. The Morgan fingerprint density at radius 1 is 1.31 bits per heavy atom. The van der Waals surface area contributed by atoms with Crippen LogP contribution < -0.4 is 0 Å². The quantitative estimate of drug-likeness (QED) is 0.309. The first-order valence-electron chi connectivity index (χ1n) is 10.9. The predicted molar refractivity (Wildman–Crippen MR) is 115 cm³/mol. The van der Waals surface area contributed by atoms with Crippen LogP contribution in [0.25, 0.3) is 0 Å². The summed E-state index contributed by atoms with van der Waals surface area (Å²) >= 11 is 6.26. The van der Waals surface area contributed by atoms with E-state index in [-0.39, 0.29) is 23.3 Å². The molecule has 0 unspecified atom stereocenters. The van der Waals surface area contributed by atoms with Crippen molar-refractivity contribution in [3.63, 3.8) is 0 Å². The fourth-order valence-electron chi connectivity index (χ4n) is 5.83. The first-order valence-corrected chi connectivity index (χ1v) is 11.5. The van der Waals surface area contributed by atoms with E-state index in [4.69, 9.17) is 21.4 Å². The van der Waals surface area contributed by atoms with Crippen LogP contribution in [0.4, 0.5) is 0 Å². The van der Waals surface area contributed by atoms with Gasteiger partial charge in [-0.1, -0.05) is 32.8 Å². The Balaban J connectivity index is 2.09. The number of halogens is 1. The molecular formula is C23H39ClO5. The van der Waals surface area contributed by atoms with E-state index in [0.29, 0.717) is 11.8 Å². The lowest BCUT2D eigenvalue weighted by atomic mass is 9.43. The van der Waals surface area contributed by atoms with Crippen LogP contribution in [0, 0.1) is 22.7 Å². The molecule has 6 heteroatoms. The molecule has 0 aromatic carbocycles. The molecule has 0 aromatic heterocycles. The van der Waals surface area contributed by atoms with Crippen molar-refractivity contribution in [3.05, 3.63) is 11.6 Å². The topological polar surface area (TPSA) is 87.0 Å². The highest BCUT2D eigenvalue weighted by atomic mass is 35.5. The van der Waals surface area contributed by atoms with Crippen LogP contribution in [-0.4, -0.2) is 52.1 Å². The largest absolute Gasteiger partial charge is 0.460 e. The van der Waals surface area contributed by atoms with Gasteiger partial charge in [0, 0.05) is 11.5 Å². The zero-order chi connectivity index (χ0) is 21.9. The number of aliphatic hydroxyl groups is 3. The lowest BCUT2D eigenvalue weighted by Gasteiger charge is -2.63. The molecule has 0 aliphatic heterocycles. The summed E-state index contributed by atoms with van der Waals surface area (Å²) in [5.74, 6) is 0.735. The molecule has 5 nitrogen and oxygen atoms in total. The number of alkyl halides is 1. The standard InChI is InChI=1S/C23H39ClO5/c1-16(12-20(27)29-14-18(26)13-25)7-10-21(3)17(2)8-11-22(4)19(21)6-5-9-23(22,28)15-24/h12,17-19,25-26,28H,5-11,13-15H2,1-4H3/b16-12+/t17-,18+,19-,21+,22-,23-/m0/s1. The van der Waals surface area contributed by atoms with Crippen LogP contribution in [0.2, 0.25) is 0 Å². The van der Waals surface area contributed by atoms with Gasteiger partial charge >= 0.3 is 5.97 Å². The minimum absolute atomic E-state index is 0.0690. The molecule has 0 heterocycles. The number of hydrogen-bond acceptors (Lipinski definition) is 5. The van der Waals surface area contributed by atoms with Crippen molar-refractivity contribution < 1.29 is 24.9 Å². The van der Waals surface area contributed by atoms with Crippen LogP contribution in [0.5, 0.6) is 0 Å². The third kappa shape index (κ3) is 5.00. The average Bonchev–Trinajstić information content (AvgIpc) is 2.69. The van der Waals surface area contributed by atoms with Gasteiger partial charge in [0.2, 0.25) is 0 Å². The maximum Gasteiger partial charge on any atom is 0.330 e. The first-order chi connectivity index (χ1) is 13.5. The van der Waals surface area contributed by atoms with Crippen LogP contribution in [-0.2, 0) is 9.53 Å². The Morgan fingerprint density at radius 2 is 2.00 bits per heavy atom. The zero-order valence-electron chi connectivity index (χ0n) is 18.4. The third-order valence-corrected chi connectivity index (χ3v) is 8.65. The lowest BCUT2D eigenvalue weighted by molar-refractivity contribution is -0.190. The number of ether oxygens (including phenoxy) is 1. The Hall–Kier alpha value is -0.620. The van der Waals surface area contributed by atoms with Gasteiger partial charge in [-0.05, 0) is 62.7 Å². The number of aliphatic hydroxyl groups excluding tert-OH is 2. The molecule has 0 amide bonds. The van der Waals surface area contributed by atoms with Crippen molar-refractivity contribution in [2.24, 2.45) is 22.7 Å². The number of hydrogen-bond donors (Lipinski definition) is 3. The van der Waals surface area contributed by atoms with E-state index in [2.05, 4.69) is 20.8 Å². The van der Waals surface area contributed by atoms with E-state index >= 15 is 0 Å². The second kappa shape index (κ2) is 9.67. The highest BCUT2D eigenvalue weighted by molar-refractivity contribution is 6.18. The highest BCUT2D eigenvalue weighted by Gasteiger charge is 2.61. The van der Waals surface area contributed by atoms with Gasteiger partial charge in [-0.3, -0.25) is 0 Å². The van der Waals surface area contributed by atoms with Gasteiger partial charge in [0.1, 0.15) is 12.7 Å². The van der Waals surface area contributed by atoms with Crippen LogP contribution >= 0.6 is 11.6 Å². The van der Waals surface area contributed by atoms with Crippen molar-refractivity contribution in [1.29, 1.82) is 0 Å². The molecule has 6 atom stereocenters. The van der Waals surface area contributed by atoms with Gasteiger partial charge in [-0.2, -0.15) is 0 Å². The summed E-state index contributed by atoms with van der Waals surface area (Å²) in [6.45, 7) is 8.19. The number of rotatable bonds is 8. The molecule has 2 rings (SSSR count). The molecule has 0 radical (unpaired) electrons. The fourth-order valence-corrected chi connectivity index (χ4v) is 6.27. The highest BCUT2D eigenvalue weighted by Crippen LogP contribution is 2.64. The van der Waals surface area contributed by atoms with Gasteiger partial charge in [0.15, 0.2) is 0 Å². The molecule has 2 aliphatic rings. The molecule has 2 fully saturated rings. The second-order valence-electron chi connectivity index (χ2n) is 9.93. The number of carbonyl (C=O) groups excluding carboxylic acids is 1. The van der Waals surface area contributed by atoms with E-state index in [1.165, 1.54) is 6.08 Å². The Bertz CT molecular complexity index is 608. The van der Waals surface area contributed by atoms with Gasteiger partial charge in [0.05, 0.1) is 18.1 Å². The summed E-state index contributed by atoms with van der Waals surface area (Å²) in [6, 6.07) is 0. The average molecular weight is 431 g/mol. The molecule has 0 aromatic rings. The number of allylic oxidation sites excluding steroid dienone is 1. The number of carbonyl (C=O) groups is 1. The molecule has 29 heavy (non-hydrogen) atoms. The summed E-state index contributed by atoms with van der Waals surface area (Å²) in [6.07, 6.45) is 7.14. The van der Waals surface area contributed by atoms with Crippen LogP contribution in [0.15, 0.2) is 11.6 Å². The molecule has 3 N–H and O–H groups in total. The first kappa shape index (κ1) is 24.6. The lowest BCUT2D eigenvalue weighted by Crippen LogP contribution is -2.62. The summed E-state index contributed by atoms with van der Waals surface area (Å²) in [5, 5.41) is 29.4. The number of fused-ring (bicyclic) bond motifs is 1. The van der Waals surface area contributed by atoms with Crippen molar-refractivity contribution >= 4 is 17.6 Å². The Labute approximate surface area is 180 Å². The van der Waals surface area contributed by atoms with Gasteiger partial charge in [0.25, 0.3) is 0 Å². The second-order valence-corrected chi connectivity index (χ2v) is 10.2. The van der Waals surface area contributed by atoms with E-state index in [1.54, 1.807) is 0 Å². The summed E-state index contributed by atoms with van der Waals surface area (Å²) in [7, 11) is 0. The molecular weight excluding hydrogens is 392 g/mol. The van der Waals surface area contributed by atoms with Crippen molar-refractivity contribution in [1.82, 2.24) is 0 Å². The Kier molecular flexibility index (Phi) is 8.22. The van der Waals surface area contributed by atoms with Crippen LogP contribution in [0.1, 0.15) is 72.6 Å². The maximum absolute atomic E-state index is 11.9. The van der Waals surface area contributed by atoms with Crippen molar-refractivity contribution in [2.45, 2.75) is 84.3 Å². The van der Waals surface area contributed by atoms with E-state index in [1.807, 2.05) is 6.92 Å². The zero-order valence-corrected chi connectivity index (χ0v) is 19.2. The van der Waals surface area contributed by atoms with Gasteiger partial charge in [-0.25, -0.2) is 4.79 Å². The minimum atomic E-state index is -1.04. The Morgan fingerprint density at radius 3 is 2.62 bits per heavy atom. The smallest absolute Gasteiger partial charge is 0.330 e. The molecule has 2 aliphatic carbocycles. The maximum atomic E-state index is 11.9. The van der Waals surface area contributed by atoms with Crippen LogP contribution in [0.3, 0.4) is 0 Å². The summed E-state index contributed by atoms with van der Waals surface area (Å²) in [5.41, 5.74) is 0.0314. The number of esters is 1.